The van der Waals surface area contributed by atoms with Gasteiger partial charge in [-0.15, -0.1) is 11.3 Å². The monoisotopic (exact) mass is 514 g/mol. The molecule has 0 saturated heterocycles. The van der Waals surface area contributed by atoms with Gasteiger partial charge < -0.3 is 10.6 Å². The Morgan fingerprint density at radius 1 is 1.14 bits per heavy atom. The molecule has 0 fully saturated rings. The highest BCUT2D eigenvalue weighted by Crippen LogP contribution is 2.37. The predicted octanol–water partition coefficient (Wildman–Crippen LogP) is 2.17. The molecule has 35 heavy (non-hydrogen) atoms. The molecule has 0 unspecified atom stereocenters. The van der Waals surface area contributed by atoms with E-state index in [9.17, 15) is 18.0 Å². The van der Waals surface area contributed by atoms with Crippen molar-refractivity contribution in [3.8, 4) is 12.1 Å². The fourth-order valence-corrected chi connectivity index (χ4v) is 6.42. The maximum Gasteiger partial charge on any atom is 0.256 e. The van der Waals surface area contributed by atoms with Crippen LogP contribution in [0.2, 0.25) is 0 Å². The summed E-state index contributed by atoms with van der Waals surface area (Å²) in [5.74, 6) is -0.743. The van der Waals surface area contributed by atoms with Crippen molar-refractivity contribution < 1.29 is 18.0 Å². The maximum atomic E-state index is 13.0. The van der Waals surface area contributed by atoms with E-state index < -0.39 is 29.0 Å². The molecule has 0 aliphatic carbocycles. The van der Waals surface area contributed by atoms with Crippen molar-refractivity contribution >= 4 is 38.2 Å². The highest BCUT2D eigenvalue weighted by molar-refractivity contribution is 7.89. The summed E-state index contributed by atoms with van der Waals surface area (Å²) in [4.78, 5) is 28.8. The van der Waals surface area contributed by atoms with Crippen molar-refractivity contribution in [2.45, 2.75) is 31.2 Å². The number of anilines is 1. The van der Waals surface area contributed by atoms with Crippen LogP contribution < -0.4 is 10.6 Å². The Morgan fingerprint density at radius 2 is 1.80 bits per heavy atom. The number of carbonyl (C=O) groups excluding carboxylic acids is 2. The Balaban J connectivity index is 1.85. The number of hydrogen-bond donors (Lipinski definition) is 2. The first-order valence-electron chi connectivity index (χ1n) is 11.0. The standard InChI is InChI=1S/C23H26N6O4S2/c1-3-11-28-12-8-18-19(15-28)34-23(20(18)22(31)26-2)27-21(30)16-4-6-17(7-5-16)35(32,33)29(13-9-24)14-10-25/h4-7H,3,8,11-15H2,1-2H3,(H,26,31)(H,27,30). The molecule has 1 aromatic carbocycles. The summed E-state index contributed by atoms with van der Waals surface area (Å²) in [5.41, 5.74) is 1.63. The largest absolute Gasteiger partial charge is 0.355 e. The van der Waals surface area contributed by atoms with E-state index in [4.69, 9.17) is 10.5 Å². The average Bonchev–Trinajstić information content (AvgIpc) is 3.20. The number of benzene rings is 1. The van der Waals surface area contributed by atoms with Gasteiger partial charge in [-0.05, 0) is 49.2 Å². The highest BCUT2D eigenvalue weighted by atomic mass is 32.2. The van der Waals surface area contributed by atoms with E-state index in [-0.39, 0.29) is 16.4 Å². The van der Waals surface area contributed by atoms with E-state index in [1.807, 2.05) is 0 Å². The van der Waals surface area contributed by atoms with Crippen molar-refractivity contribution in [1.82, 2.24) is 14.5 Å². The van der Waals surface area contributed by atoms with Gasteiger partial charge in [0.1, 0.15) is 18.1 Å². The van der Waals surface area contributed by atoms with Crippen molar-refractivity contribution in [3.05, 3.63) is 45.8 Å². The first kappa shape index (κ1) is 26.3. The molecule has 1 aliphatic rings. The molecule has 0 atom stereocenters. The molecular formula is C23H26N6O4S2. The van der Waals surface area contributed by atoms with E-state index in [0.29, 0.717) is 10.6 Å². The first-order valence-corrected chi connectivity index (χ1v) is 13.3. The van der Waals surface area contributed by atoms with Gasteiger partial charge in [0.05, 0.1) is 22.6 Å². The smallest absolute Gasteiger partial charge is 0.256 e. The van der Waals surface area contributed by atoms with Gasteiger partial charge in [-0.1, -0.05) is 6.92 Å². The molecular weight excluding hydrogens is 488 g/mol. The Kier molecular flexibility index (Phi) is 8.59. The van der Waals surface area contributed by atoms with Gasteiger partial charge in [0.25, 0.3) is 11.8 Å². The fraction of sp³-hybridized carbons (Fsp3) is 0.391. The minimum absolute atomic E-state index is 0.131. The van der Waals surface area contributed by atoms with Crippen LogP contribution in [0.5, 0.6) is 0 Å². The number of thiophene rings is 1. The second kappa shape index (κ2) is 11.4. The van der Waals surface area contributed by atoms with Gasteiger partial charge in [0.15, 0.2) is 0 Å². The molecule has 2 N–H and O–H groups in total. The molecule has 2 heterocycles. The molecule has 1 aromatic heterocycles. The normalized spacial score (nSPS) is 13.5. The van der Waals surface area contributed by atoms with Crippen molar-refractivity contribution in [2.24, 2.45) is 0 Å². The van der Waals surface area contributed by atoms with Crippen molar-refractivity contribution in [3.63, 3.8) is 0 Å². The van der Waals surface area contributed by atoms with Crippen LogP contribution in [0.3, 0.4) is 0 Å². The van der Waals surface area contributed by atoms with Gasteiger partial charge in [0.2, 0.25) is 10.0 Å². The second-order valence-corrected chi connectivity index (χ2v) is 10.9. The van der Waals surface area contributed by atoms with E-state index in [1.54, 1.807) is 19.2 Å². The van der Waals surface area contributed by atoms with Gasteiger partial charge in [0, 0.05) is 30.6 Å². The molecule has 184 valence electrons. The fourth-order valence-electron chi connectivity index (χ4n) is 3.90. The number of nitrogens with zero attached hydrogens (tertiary/aromatic N) is 4. The maximum absolute atomic E-state index is 13.0. The Labute approximate surface area is 208 Å². The summed E-state index contributed by atoms with van der Waals surface area (Å²) < 4.78 is 26.2. The topological polar surface area (TPSA) is 146 Å². The third-order valence-electron chi connectivity index (χ3n) is 5.61. The lowest BCUT2D eigenvalue weighted by Crippen LogP contribution is -2.32. The van der Waals surface area contributed by atoms with Gasteiger partial charge >= 0.3 is 0 Å². The predicted molar refractivity (Wildman–Crippen MR) is 131 cm³/mol. The SMILES string of the molecule is CCCN1CCc2c(sc(NC(=O)c3ccc(S(=O)(=O)N(CC#N)CC#N)cc3)c2C(=O)NC)C1. The average molecular weight is 515 g/mol. The van der Waals surface area contributed by atoms with Crippen LogP contribution in [-0.2, 0) is 23.0 Å². The number of nitriles is 2. The van der Waals surface area contributed by atoms with Gasteiger partial charge in [-0.25, -0.2) is 8.42 Å². The van der Waals surface area contributed by atoms with E-state index >= 15 is 0 Å². The third-order valence-corrected chi connectivity index (χ3v) is 8.54. The molecule has 12 heteroatoms. The van der Waals surface area contributed by atoms with Crippen LogP contribution in [0.15, 0.2) is 29.2 Å². The van der Waals surface area contributed by atoms with Crippen molar-refractivity contribution in [2.75, 3.05) is 38.5 Å². The van der Waals surface area contributed by atoms with Gasteiger partial charge in [-0.3, -0.25) is 14.5 Å². The molecule has 0 bridgehead atoms. The van der Waals surface area contributed by atoms with Crippen LogP contribution in [0.25, 0.3) is 0 Å². The van der Waals surface area contributed by atoms with E-state index in [2.05, 4.69) is 22.5 Å². The van der Waals surface area contributed by atoms with Crippen LogP contribution in [0, 0.1) is 22.7 Å². The van der Waals surface area contributed by atoms with Crippen molar-refractivity contribution in [1.29, 1.82) is 10.5 Å². The summed E-state index contributed by atoms with van der Waals surface area (Å²) in [6.45, 7) is 3.73. The van der Waals surface area contributed by atoms with E-state index in [1.165, 1.54) is 35.6 Å². The van der Waals surface area contributed by atoms with E-state index in [0.717, 1.165) is 47.2 Å². The molecule has 2 amide bonds. The lowest BCUT2D eigenvalue weighted by molar-refractivity contribution is 0.0962. The number of rotatable bonds is 9. The lowest BCUT2D eigenvalue weighted by atomic mass is 10.0. The van der Waals surface area contributed by atoms with Crippen LogP contribution in [0.4, 0.5) is 5.00 Å². The zero-order chi connectivity index (χ0) is 25.6. The minimum Gasteiger partial charge on any atom is -0.355 e. The minimum atomic E-state index is -4.06. The zero-order valence-corrected chi connectivity index (χ0v) is 21.1. The number of carbonyl (C=O) groups is 2. The molecule has 0 radical (unpaired) electrons. The van der Waals surface area contributed by atoms with Crippen LogP contribution >= 0.6 is 11.3 Å². The molecule has 10 nitrogen and oxygen atoms in total. The molecule has 1 aliphatic heterocycles. The number of amides is 2. The van der Waals surface area contributed by atoms with Crippen LogP contribution in [-0.4, -0.2) is 62.7 Å². The second-order valence-electron chi connectivity index (χ2n) is 7.88. The zero-order valence-electron chi connectivity index (χ0n) is 19.5. The Hall–Kier alpha value is -3.29. The first-order chi connectivity index (χ1) is 16.8. The summed E-state index contributed by atoms with van der Waals surface area (Å²) in [6, 6.07) is 8.69. The highest BCUT2D eigenvalue weighted by Gasteiger charge is 2.29. The molecule has 2 aromatic rings. The number of nitrogens with one attached hydrogen (secondary N) is 2. The Bertz CT molecular complexity index is 1270. The van der Waals surface area contributed by atoms with Crippen LogP contribution in [0.1, 0.15) is 44.5 Å². The lowest BCUT2D eigenvalue weighted by Gasteiger charge is -2.26. The number of fused-ring (bicyclic) bond motifs is 1. The quantitative estimate of drug-likeness (QED) is 0.488. The number of sulfonamides is 1. The molecule has 0 spiro atoms. The Morgan fingerprint density at radius 3 is 2.37 bits per heavy atom. The summed E-state index contributed by atoms with van der Waals surface area (Å²) in [5, 5.41) is 23.7. The summed E-state index contributed by atoms with van der Waals surface area (Å²) in [7, 11) is -2.51. The third kappa shape index (κ3) is 5.69. The summed E-state index contributed by atoms with van der Waals surface area (Å²) >= 11 is 1.38. The summed E-state index contributed by atoms with van der Waals surface area (Å²) in [6.07, 6.45) is 1.75. The molecule has 0 saturated carbocycles. The van der Waals surface area contributed by atoms with Gasteiger partial charge in [-0.2, -0.15) is 14.8 Å². The molecule has 3 rings (SSSR count). The number of hydrogen-bond acceptors (Lipinski definition) is 8.